The van der Waals surface area contributed by atoms with E-state index in [4.69, 9.17) is 9.47 Å². The molecule has 0 radical (unpaired) electrons. The second kappa shape index (κ2) is 7.30. The third-order valence-electron chi connectivity index (χ3n) is 3.14. The van der Waals surface area contributed by atoms with Crippen LogP contribution in [-0.2, 0) is 11.2 Å². The van der Waals surface area contributed by atoms with Gasteiger partial charge in [0.15, 0.2) is 0 Å². The summed E-state index contributed by atoms with van der Waals surface area (Å²) in [4.78, 5) is 0. The first-order valence-electron chi connectivity index (χ1n) is 5.94. The van der Waals surface area contributed by atoms with Gasteiger partial charge in [-0.25, -0.2) is 0 Å². The van der Waals surface area contributed by atoms with Crippen LogP contribution in [0.1, 0.15) is 12.5 Å². The maximum absolute atomic E-state index is 9.45. The molecule has 0 saturated heterocycles. The van der Waals surface area contributed by atoms with Gasteiger partial charge >= 0.3 is 0 Å². The van der Waals surface area contributed by atoms with E-state index >= 15 is 0 Å². The Hall–Kier alpha value is -1.06. The second-order valence-electron chi connectivity index (χ2n) is 4.39. The summed E-state index contributed by atoms with van der Waals surface area (Å²) >= 11 is 0. The van der Waals surface area contributed by atoms with Gasteiger partial charge in [0.1, 0.15) is 5.75 Å². The minimum atomic E-state index is 0.169. The van der Waals surface area contributed by atoms with Crippen LogP contribution in [0.2, 0.25) is 0 Å². The number of para-hydroxylation sites is 1. The van der Waals surface area contributed by atoms with E-state index in [1.165, 1.54) is 0 Å². The van der Waals surface area contributed by atoms with Crippen molar-refractivity contribution < 1.29 is 14.6 Å². The maximum atomic E-state index is 9.45. The van der Waals surface area contributed by atoms with Crippen molar-refractivity contribution in [1.82, 2.24) is 0 Å². The number of rotatable bonds is 7. The number of methoxy groups -OCH3 is 2. The molecule has 96 valence electrons. The molecule has 3 heteroatoms. The summed E-state index contributed by atoms with van der Waals surface area (Å²) in [7, 11) is 3.36. The van der Waals surface area contributed by atoms with Crippen LogP contribution in [-0.4, -0.2) is 32.5 Å². The summed E-state index contributed by atoms with van der Waals surface area (Å²) in [6.07, 6.45) is 0.811. The molecule has 0 saturated carbocycles. The smallest absolute Gasteiger partial charge is 0.122 e. The minimum absolute atomic E-state index is 0.169. The molecular weight excluding hydrogens is 216 g/mol. The number of hydrogen-bond acceptors (Lipinski definition) is 3. The van der Waals surface area contributed by atoms with Gasteiger partial charge in [-0.05, 0) is 29.9 Å². The average Bonchev–Trinajstić information content (AvgIpc) is 2.36. The van der Waals surface area contributed by atoms with Crippen LogP contribution in [0.25, 0.3) is 0 Å². The Bertz CT molecular complexity index is 325. The van der Waals surface area contributed by atoms with Gasteiger partial charge in [0.05, 0.1) is 7.11 Å². The van der Waals surface area contributed by atoms with E-state index in [0.29, 0.717) is 12.5 Å². The highest BCUT2D eigenvalue weighted by molar-refractivity contribution is 5.33. The van der Waals surface area contributed by atoms with E-state index in [-0.39, 0.29) is 12.5 Å². The first-order chi connectivity index (χ1) is 8.22. The van der Waals surface area contributed by atoms with Gasteiger partial charge in [0.25, 0.3) is 0 Å². The van der Waals surface area contributed by atoms with Crippen LogP contribution < -0.4 is 4.74 Å². The third-order valence-corrected chi connectivity index (χ3v) is 3.14. The van der Waals surface area contributed by atoms with Gasteiger partial charge < -0.3 is 14.6 Å². The Balaban J connectivity index is 2.73. The molecular formula is C14H22O3. The van der Waals surface area contributed by atoms with E-state index in [2.05, 4.69) is 6.92 Å². The fourth-order valence-corrected chi connectivity index (χ4v) is 2.00. The molecule has 0 aliphatic rings. The predicted molar refractivity (Wildman–Crippen MR) is 68.3 cm³/mol. The zero-order valence-electron chi connectivity index (χ0n) is 10.8. The minimum Gasteiger partial charge on any atom is -0.496 e. The highest BCUT2D eigenvalue weighted by Crippen LogP contribution is 2.24. The summed E-state index contributed by atoms with van der Waals surface area (Å²) in [6, 6.07) is 7.94. The van der Waals surface area contributed by atoms with E-state index in [1.54, 1.807) is 14.2 Å². The summed E-state index contributed by atoms with van der Waals surface area (Å²) in [5.41, 5.74) is 1.14. The zero-order chi connectivity index (χ0) is 12.7. The van der Waals surface area contributed by atoms with Crippen LogP contribution in [0.5, 0.6) is 5.75 Å². The molecule has 1 rings (SSSR count). The van der Waals surface area contributed by atoms with Gasteiger partial charge in [0, 0.05) is 20.3 Å². The van der Waals surface area contributed by atoms with Crippen LogP contribution in [0.3, 0.4) is 0 Å². The standard InChI is InChI=1S/C14H22O3/c1-11(10-16-2)13(9-15)8-12-6-4-5-7-14(12)17-3/h4-7,11,13,15H,8-10H2,1-3H3. The quantitative estimate of drug-likeness (QED) is 0.791. The highest BCUT2D eigenvalue weighted by Gasteiger charge is 2.18. The van der Waals surface area contributed by atoms with Gasteiger partial charge in [0.2, 0.25) is 0 Å². The fraction of sp³-hybridized carbons (Fsp3) is 0.571. The number of benzene rings is 1. The molecule has 0 heterocycles. The number of aliphatic hydroxyl groups is 1. The molecule has 1 aromatic rings. The number of hydrogen-bond donors (Lipinski definition) is 1. The van der Waals surface area contributed by atoms with Crippen molar-refractivity contribution in [2.75, 3.05) is 27.4 Å². The van der Waals surface area contributed by atoms with Crippen LogP contribution in [0.15, 0.2) is 24.3 Å². The Labute approximate surface area is 103 Å². The Morgan fingerprint density at radius 1 is 1.24 bits per heavy atom. The van der Waals surface area contributed by atoms with E-state index < -0.39 is 0 Å². The van der Waals surface area contributed by atoms with E-state index in [1.807, 2.05) is 24.3 Å². The summed E-state index contributed by atoms with van der Waals surface area (Å²) in [5, 5.41) is 9.45. The SMILES string of the molecule is COCC(C)C(CO)Cc1ccccc1OC. The lowest BCUT2D eigenvalue weighted by Gasteiger charge is -2.22. The van der Waals surface area contributed by atoms with Crippen molar-refractivity contribution in [3.8, 4) is 5.75 Å². The first-order valence-corrected chi connectivity index (χ1v) is 5.94. The lowest BCUT2D eigenvalue weighted by molar-refractivity contribution is 0.0980. The zero-order valence-corrected chi connectivity index (χ0v) is 10.8. The normalized spacial score (nSPS) is 14.4. The number of aliphatic hydroxyl groups excluding tert-OH is 1. The molecule has 0 aliphatic heterocycles. The molecule has 0 amide bonds. The van der Waals surface area contributed by atoms with Crippen molar-refractivity contribution in [3.05, 3.63) is 29.8 Å². The largest absolute Gasteiger partial charge is 0.496 e. The molecule has 17 heavy (non-hydrogen) atoms. The Morgan fingerprint density at radius 2 is 1.94 bits per heavy atom. The molecule has 2 atom stereocenters. The molecule has 3 nitrogen and oxygen atoms in total. The third kappa shape index (κ3) is 4.02. The van der Waals surface area contributed by atoms with E-state index in [0.717, 1.165) is 17.7 Å². The van der Waals surface area contributed by atoms with Crippen molar-refractivity contribution >= 4 is 0 Å². The van der Waals surface area contributed by atoms with Crippen molar-refractivity contribution in [2.24, 2.45) is 11.8 Å². The molecule has 0 aromatic heterocycles. The molecule has 2 unspecified atom stereocenters. The van der Waals surface area contributed by atoms with Crippen molar-refractivity contribution in [3.63, 3.8) is 0 Å². The van der Waals surface area contributed by atoms with Crippen molar-refractivity contribution in [2.45, 2.75) is 13.3 Å². The molecule has 0 spiro atoms. The summed E-state index contributed by atoms with van der Waals surface area (Å²) in [5.74, 6) is 1.41. The maximum Gasteiger partial charge on any atom is 0.122 e. The summed E-state index contributed by atoms with van der Waals surface area (Å²) < 4.78 is 10.5. The van der Waals surface area contributed by atoms with E-state index in [9.17, 15) is 5.11 Å². The topological polar surface area (TPSA) is 38.7 Å². The van der Waals surface area contributed by atoms with Crippen molar-refractivity contribution in [1.29, 1.82) is 0 Å². The average molecular weight is 238 g/mol. The van der Waals surface area contributed by atoms with Gasteiger partial charge in [-0.15, -0.1) is 0 Å². The molecule has 1 N–H and O–H groups in total. The first kappa shape index (κ1) is 14.0. The second-order valence-corrected chi connectivity index (χ2v) is 4.39. The lowest BCUT2D eigenvalue weighted by Crippen LogP contribution is -2.22. The lowest BCUT2D eigenvalue weighted by atomic mass is 9.89. The Morgan fingerprint density at radius 3 is 2.53 bits per heavy atom. The number of ether oxygens (including phenoxy) is 2. The van der Waals surface area contributed by atoms with Gasteiger partial charge in [-0.1, -0.05) is 25.1 Å². The van der Waals surface area contributed by atoms with Crippen LogP contribution in [0.4, 0.5) is 0 Å². The van der Waals surface area contributed by atoms with Gasteiger partial charge in [-0.2, -0.15) is 0 Å². The molecule has 1 aromatic carbocycles. The summed E-state index contributed by atoms with van der Waals surface area (Å²) in [6.45, 7) is 2.93. The molecule has 0 bridgehead atoms. The predicted octanol–water partition coefficient (Wildman–Crippen LogP) is 2.13. The highest BCUT2D eigenvalue weighted by atomic mass is 16.5. The van der Waals surface area contributed by atoms with Crippen LogP contribution in [0, 0.1) is 11.8 Å². The monoisotopic (exact) mass is 238 g/mol. The van der Waals surface area contributed by atoms with Gasteiger partial charge in [-0.3, -0.25) is 0 Å². The Kier molecular flexibility index (Phi) is 6.01. The molecule has 0 fully saturated rings. The van der Waals surface area contributed by atoms with Crippen LogP contribution >= 0.6 is 0 Å². The molecule has 0 aliphatic carbocycles. The fourth-order valence-electron chi connectivity index (χ4n) is 2.00.